The number of pyridine rings is 2. The van der Waals surface area contributed by atoms with Crippen molar-refractivity contribution in [2.45, 2.75) is 0 Å². The van der Waals surface area contributed by atoms with Crippen molar-refractivity contribution in [2.24, 2.45) is 0 Å². The zero-order chi connectivity index (χ0) is 17.4. The number of hydrogen-bond acceptors (Lipinski definition) is 6. The predicted octanol–water partition coefficient (Wildman–Crippen LogP) is 1.09. The summed E-state index contributed by atoms with van der Waals surface area (Å²) >= 11 is 0. The lowest BCUT2D eigenvalue weighted by Gasteiger charge is -2.34. The first-order chi connectivity index (χ1) is 12.1. The van der Waals surface area contributed by atoms with Gasteiger partial charge in [-0.2, -0.15) is 9.57 Å². The highest BCUT2D eigenvalue weighted by Crippen LogP contribution is 2.32. The van der Waals surface area contributed by atoms with E-state index in [-0.39, 0.29) is 0 Å². The van der Waals surface area contributed by atoms with Crippen molar-refractivity contribution in [1.82, 2.24) is 19.3 Å². The Labute approximate surface area is 144 Å². The first-order valence-electron chi connectivity index (χ1n) is 7.91. The second-order valence-electron chi connectivity index (χ2n) is 5.90. The molecule has 128 valence electrons. The zero-order valence-electron chi connectivity index (χ0n) is 13.4. The fourth-order valence-corrected chi connectivity index (χ4v) is 4.31. The molecule has 0 unspecified atom stereocenters. The molecular weight excluding hydrogens is 340 g/mol. The normalized spacial score (nSPS) is 16.4. The minimum Gasteiger partial charge on any atom is -0.367 e. The number of fused-ring (bicyclic) bond motifs is 3. The van der Waals surface area contributed by atoms with Gasteiger partial charge in [-0.1, -0.05) is 6.07 Å². The molecule has 3 aromatic rings. The maximum Gasteiger partial charge on any atom is 0.227 e. The van der Waals surface area contributed by atoms with E-state index < -0.39 is 15.8 Å². The predicted molar refractivity (Wildman–Crippen MR) is 94.6 cm³/mol. The van der Waals surface area contributed by atoms with Crippen molar-refractivity contribution < 1.29 is 8.42 Å². The Balaban J connectivity index is 1.66. The van der Waals surface area contributed by atoms with E-state index in [0.29, 0.717) is 31.8 Å². The fourth-order valence-electron chi connectivity index (χ4n) is 3.24. The summed E-state index contributed by atoms with van der Waals surface area (Å²) in [7, 11) is -3.49. The van der Waals surface area contributed by atoms with Crippen molar-refractivity contribution in [3.8, 4) is 6.07 Å². The Morgan fingerprint density at radius 2 is 1.96 bits per heavy atom. The van der Waals surface area contributed by atoms with Gasteiger partial charge < -0.3 is 9.88 Å². The molecule has 8 nitrogen and oxygen atoms in total. The monoisotopic (exact) mass is 356 g/mol. The van der Waals surface area contributed by atoms with E-state index in [1.807, 2.05) is 18.3 Å². The van der Waals surface area contributed by atoms with Crippen molar-refractivity contribution >= 4 is 37.6 Å². The fraction of sp³-hybridized carbons (Fsp3) is 0.312. The molecule has 0 aromatic carbocycles. The summed E-state index contributed by atoms with van der Waals surface area (Å²) in [4.78, 5) is 14.1. The third-order valence-corrected chi connectivity index (χ3v) is 6.13. The van der Waals surface area contributed by atoms with E-state index in [9.17, 15) is 8.42 Å². The van der Waals surface area contributed by atoms with Crippen LogP contribution in [0.1, 0.15) is 0 Å². The number of hydrogen-bond donors (Lipinski definition) is 1. The van der Waals surface area contributed by atoms with Crippen LogP contribution >= 0.6 is 0 Å². The number of rotatable bonds is 3. The molecule has 0 radical (unpaired) electrons. The first-order valence-corrected chi connectivity index (χ1v) is 9.51. The van der Waals surface area contributed by atoms with Crippen molar-refractivity contribution in [3.05, 3.63) is 30.7 Å². The first kappa shape index (κ1) is 15.8. The second-order valence-corrected chi connectivity index (χ2v) is 7.87. The molecule has 1 saturated heterocycles. The third kappa shape index (κ3) is 2.69. The molecule has 25 heavy (non-hydrogen) atoms. The Hall–Kier alpha value is -2.70. The maximum absolute atomic E-state index is 12.0. The van der Waals surface area contributed by atoms with Gasteiger partial charge in [0, 0.05) is 37.8 Å². The summed E-state index contributed by atoms with van der Waals surface area (Å²) in [5.74, 6) is -0.474. The van der Waals surface area contributed by atoms with Crippen LogP contribution in [0.15, 0.2) is 30.7 Å². The van der Waals surface area contributed by atoms with Crippen LogP contribution in [0.2, 0.25) is 0 Å². The zero-order valence-corrected chi connectivity index (χ0v) is 14.2. The quantitative estimate of drug-likeness (QED) is 0.753. The molecule has 4 heterocycles. The van der Waals surface area contributed by atoms with Gasteiger partial charge in [-0.3, -0.25) is 0 Å². The number of nitriles is 1. The van der Waals surface area contributed by atoms with E-state index in [1.54, 1.807) is 18.5 Å². The van der Waals surface area contributed by atoms with Gasteiger partial charge >= 0.3 is 0 Å². The Morgan fingerprint density at radius 1 is 1.20 bits per heavy atom. The number of nitrogens with zero attached hydrogens (tertiary/aromatic N) is 5. The minimum atomic E-state index is -3.49. The summed E-state index contributed by atoms with van der Waals surface area (Å²) in [5.41, 5.74) is 2.58. The average molecular weight is 356 g/mol. The highest BCUT2D eigenvalue weighted by Gasteiger charge is 2.28. The Bertz CT molecular complexity index is 1080. The van der Waals surface area contributed by atoms with Gasteiger partial charge in [-0.25, -0.2) is 18.4 Å². The van der Waals surface area contributed by atoms with Crippen LogP contribution in [0.3, 0.4) is 0 Å². The number of sulfonamides is 1. The van der Waals surface area contributed by atoms with Crippen molar-refractivity contribution in [2.75, 3.05) is 36.8 Å². The molecule has 3 aromatic heterocycles. The lowest BCUT2D eigenvalue weighted by atomic mass is 10.1. The lowest BCUT2D eigenvalue weighted by molar-refractivity contribution is 0.387. The molecule has 1 fully saturated rings. The molecule has 1 aliphatic heterocycles. The minimum absolute atomic E-state index is 0.362. The molecule has 0 spiro atoms. The maximum atomic E-state index is 12.0. The molecule has 9 heteroatoms. The topological polar surface area (TPSA) is 106 Å². The molecule has 0 amide bonds. The van der Waals surface area contributed by atoms with Gasteiger partial charge in [-0.15, -0.1) is 0 Å². The van der Waals surface area contributed by atoms with E-state index in [0.717, 1.165) is 22.0 Å². The number of anilines is 1. The van der Waals surface area contributed by atoms with Crippen LogP contribution in [-0.2, 0) is 10.0 Å². The highest BCUT2D eigenvalue weighted by molar-refractivity contribution is 7.89. The Morgan fingerprint density at radius 3 is 2.72 bits per heavy atom. The molecule has 0 bridgehead atoms. The van der Waals surface area contributed by atoms with E-state index in [4.69, 9.17) is 5.26 Å². The smallest absolute Gasteiger partial charge is 0.227 e. The van der Waals surface area contributed by atoms with Gasteiger partial charge in [0.15, 0.2) is 11.4 Å². The summed E-state index contributed by atoms with van der Waals surface area (Å²) in [6.45, 7) is 1.83. The van der Waals surface area contributed by atoms with E-state index in [1.165, 1.54) is 4.31 Å². The molecule has 1 N–H and O–H groups in total. The van der Waals surface area contributed by atoms with Crippen LogP contribution in [0.4, 0.5) is 5.69 Å². The number of aromatic nitrogens is 3. The average Bonchev–Trinajstić information content (AvgIpc) is 3.06. The second kappa shape index (κ2) is 5.98. The third-order valence-electron chi connectivity index (χ3n) is 4.48. The van der Waals surface area contributed by atoms with Crippen LogP contribution < -0.4 is 4.90 Å². The van der Waals surface area contributed by atoms with Gasteiger partial charge in [0.05, 0.1) is 35.1 Å². The van der Waals surface area contributed by atoms with Crippen LogP contribution in [0.5, 0.6) is 0 Å². The van der Waals surface area contributed by atoms with Gasteiger partial charge in [0.2, 0.25) is 10.0 Å². The van der Waals surface area contributed by atoms with E-state index in [2.05, 4.69) is 19.9 Å². The summed E-state index contributed by atoms with van der Waals surface area (Å²) in [5, 5.41) is 10.7. The summed E-state index contributed by atoms with van der Waals surface area (Å²) < 4.78 is 25.4. The molecule has 0 saturated carbocycles. The Kier molecular flexibility index (Phi) is 3.78. The number of nitrogens with one attached hydrogen (secondary N) is 1. The molecule has 0 atom stereocenters. The molecule has 1 aliphatic rings. The van der Waals surface area contributed by atoms with Crippen LogP contribution in [0, 0.1) is 11.3 Å². The number of piperazine rings is 1. The number of aromatic amines is 1. The SMILES string of the molecule is N#CCS(=O)(=O)N1CCN(c2cnc3ncc4[nH]cccc4c23)CC1. The van der Waals surface area contributed by atoms with Crippen molar-refractivity contribution in [1.29, 1.82) is 5.26 Å². The molecule has 0 aliphatic carbocycles. The molecule has 4 rings (SSSR count). The van der Waals surface area contributed by atoms with Crippen LogP contribution in [-0.4, -0.2) is 59.6 Å². The summed E-state index contributed by atoms with van der Waals surface area (Å²) in [6.07, 6.45) is 5.41. The largest absolute Gasteiger partial charge is 0.367 e. The number of H-pyrrole nitrogens is 1. The highest BCUT2D eigenvalue weighted by atomic mass is 32.2. The standard InChI is InChI=1S/C16H16N6O2S/c17-3-9-25(23,24)22-7-5-21(6-8-22)14-11-20-16-15(14)12-2-1-4-18-13(12)10-19-16/h1-2,4,10-11,18H,5-9H2. The van der Waals surface area contributed by atoms with Gasteiger partial charge in [0.25, 0.3) is 0 Å². The van der Waals surface area contributed by atoms with Crippen molar-refractivity contribution in [3.63, 3.8) is 0 Å². The van der Waals surface area contributed by atoms with Crippen LogP contribution in [0.25, 0.3) is 21.9 Å². The van der Waals surface area contributed by atoms with Gasteiger partial charge in [0.1, 0.15) is 0 Å². The van der Waals surface area contributed by atoms with E-state index >= 15 is 0 Å². The lowest BCUT2D eigenvalue weighted by Crippen LogP contribution is -2.49. The molecular formula is C16H16N6O2S. The van der Waals surface area contributed by atoms with Gasteiger partial charge in [-0.05, 0) is 6.07 Å². The summed E-state index contributed by atoms with van der Waals surface area (Å²) in [6, 6.07) is 5.68.